The number of hydrogen-bond donors (Lipinski definition) is 2. The quantitative estimate of drug-likeness (QED) is 0.631. The molecule has 0 aliphatic rings. The molecule has 0 aliphatic heterocycles. The van der Waals surface area contributed by atoms with E-state index in [4.69, 9.17) is 5.11 Å². The van der Waals surface area contributed by atoms with E-state index in [0.29, 0.717) is 17.3 Å². The van der Waals surface area contributed by atoms with Crippen LogP contribution in [0.4, 0.5) is 25.8 Å². The van der Waals surface area contributed by atoms with Crippen molar-refractivity contribution in [3.63, 3.8) is 0 Å². The van der Waals surface area contributed by atoms with E-state index in [1.807, 2.05) is 13.0 Å². The zero-order valence-electron chi connectivity index (χ0n) is 12.9. The molecule has 0 saturated carbocycles. The lowest BCUT2D eigenvalue weighted by molar-refractivity contribution is -0.387. The van der Waals surface area contributed by atoms with Crippen LogP contribution >= 0.6 is 0 Å². The van der Waals surface area contributed by atoms with Crippen molar-refractivity contribution in [1.29, 1.82) is 0 Å². The molecule has 0 aliphatic carbocycles. The zero-order chi connectivity index (χ0) is 18.0. The lowest BCUT2D eigenvalue weighted by Gasteiger charge is -2.14. The van der Waals surface area contributed by atoms with E-state index in [-0.39, 0.29) is 0 Å². The van der Waals surface area contributed by atoms with E-state index < -0.39 is 39.5 Å². The second-order valence-corrected chi connectivity index (χ2v) is 5.14. The van der Waals surface area contributed by atoms with Gasteiger partial charge in [-0.3, -0.25) is 10.1 Å². The van der Waals surface area contributed by atoms with Gasteiger partial charge in [-0.05, 0) is 30.5 Å². The van der Waals surface area contributed by atoms with Crippen molar-refractivity contribution >= 4 is 23.0 Å². The number of nitrogens with one attached hydrogen (secondary N) is 1. The summed E-state index contributed by atoms with van der Waals surface area (Å²) in [4.78, 5) is 20.8. The maximum Gasteiger partial charge on any atom is 0.338 e. The van der Waals surface area contributed by atoms with E-state index in [2.05, 4.69) is 5.32 Å². The van der Waals surface area contributed by atoms with Crippen molar-refractivity contribution in [2.24, 2.45) is 0 Å². The molecule has 8 heteroatoms. The number of halogens is 2. The van der Waals surface area contributed by atoms with Gasteiger partial charge in [0.2, 0.25) is 5.82 Å². The monoisotopic (exact) mass is 336 g/mol. The normalized spacial score (nSPS) is 10.5. The molecule has 24 heavy (non-hydrogen) atoms. The van der Waals surface area contributed by atoms with E-state index in [0.717, 1.165) is 12.0 Å². The number of carboxylic acids is 1. The van der Waals surface area contributed by atoms with Crippen LogP contribution in [0.15, 0.2) is 24.3 Å². The fourth-order valence-corrected chi connectivity index (χ4v) is 2.26. The van der Waals surface area contributed by atoms with Gasteiger partial charge in [0.15, 0.2) is 5.82 Å². The molecular formula is C16H14F2N2O4. The molecule has 0 amide bonds. The molecule has 126 valence electrons. The smallest absolute Gasteiger partial charge is 0.338 e. The molecule has 0 unspecified atom stereocenters. The molecule has 0 saturated heterocycles. The van der Waals surface area contributed by atoms with Gasteiger partial charge in [-0.1, -0.05) is 19.1 Å². The first kappa shape index (κ1) is 17.3. The Kier molecular flexibility index (Phi) is 4.77. The Labute approximate surface area is 135 Å². The molecule has 6 nitrogen and oxygen atoms in total. The summed E-state index contributed by atoms with van der Waals surface area (Å²) < 4.78 is 28.0. The van der Waals surface area contributed by atoms with Crippen molar-refractivity contribution < 1.29 is 23.6 Å². The Bertz CT molecular complexity index is 837. The highest BCUT2D eigenvalue weighted by molar-refractivity contribution is 5.96. The lowest BCUT2D eigenvalue weighted by Crippen LogP contribution is -2.09. The third kappa shape index (κ3) is 3.17. The van der Waals surface area contributed by atoms with Crippen LogP contribution in [-0.4, -0.2) is 16.0 Å². The number of aryl methyl sites for hydroxylation is 2. The average Bonchev–Trinajstić information content (AvgIpc) is 2.52. The predicted octanol–water partition coefficient (Wildman–Crippen LogP) is 4.19. The van der Waals surface area contributed by atoms with Crippen LogP contribution in [0, 0.1) is 28.7 Å². The summed E-state index contributed by atoms with van der Waals surface area (Å²) in [7, 11) is 0. The number of nitrogens with zero attached hydrogens (tertiary/aromatic N) is 1. The van der Waals surface area contributed by atoms with E-state index in [1.165, 1.54) is 0 Å². The molecule has 2 rings (SSSR count). The van der Waals surface area contributed by atoms with Crippen molar-refractivity contribution in [1.82, 2.24) is 0 Å². The lowest BCUT2D eigenvalue weighted by atomic mass is 10.1. The third-order valence-corrected chi connectivity index (χ3v) is 3.57. The summed E-state index contributed by atoms with van der Waals surface area (Å²) in [5.41, 5.74) is -0.511. The van der Waals surface area contributed by atoms with Gasteiger partial charge in [0.05, 0.1) is 16.2 Å². The number of carboxylic acid groups (broad SMARTS) is 1. The molecule has 0 aromatic heterocycles. The van der Waals surface area contributed by atoms with Gasteiger partial charge in [0.25, 0.3) is 0 Å². The van der Waals surface area contributed by atoms with Crippen LogP contribution in [0.3, 0.4) is 0 Å². The minimum absolute atomic E-state index is 0.377. The second-order valence-electron chi connectivity index (χ2n) is 5.14. The number of benzene rings is 2. The number of nitro benzene ring substituents is 1. The fourth-order valence-electron chi connectivity index (χ4n) is 2.26. The highest BCUT2D eigenvalue weighted by atomic mass is 19.2. The molecule has 0 bridgehead atoms. The maximum atomic E-state index is 14.2. The second kappa shape index (κ2) is 6.61. The van der Waals surface area contributed by atoms with E-state index in [1.54, 1.807) is 19.1 Å². The van der Waals surface area contributed by atoms with Crippen LogP contribution in [0.2, 0.25) is 0 Å². The summed E-state index contributed by atoms with van der Waals surface area (Å²) >= 11 is 0. The molecular weight excluding hydrogens is 322 g/mol. The molecule has 2 aromatic rings. The standard InChI is InChI=1S/C16H14F2N2O4/c1-3-9-4-5-11(8(2)6-9)19-15-10(16(21)22)7-12(20(23)24)13(17)14(15)18/h4-7,19H,3H2,1-2H3,(H,21,22). The largest absolute Gasteiger partial charge is 0.478 e. The highest BCUT2D eigenvalue weighted by Gasteiger charge is 2.28. The van der Waals surface area contributed by atoms with Crippen molar-refractivity contribution in [3.8, 4) is 0 Å². The van der Waals surface area contributed by atoms with Crippen molar-refractivity contribution in [2.75, 3.05) is 5.32 Å². The first-order valence-corrected chi connectivity index (χ1v) is 7.02. The number of nitro groups is 1. The first-order valence-electron chi connectivity index (χ1n) is 7.02. The Hall–Kier alpha value is -3.03. The molecule has 0 radical (unpaired) electrons. The van der Waals surface area contributed by atoms with Gasteiger partial charge in [-0.15, -0.1) is 0 Å². The van der Waals surface area contributed by atoms with E-state index >= 15 is 0 Å². The molecule has 2 aromatic carbocycles. The van der Waals surface area contributed by atoms with Gasteiger partial charge in [-0.25, -0.2) is 9.18 Å². The van der Waals surface area contributed by atoms with Crippen LogP contribution in [0.1, 0.15) is 28.4 Å². The Morgan fingerprint density at radius 1 is 1.29 bits per heavy atom. The summed E-state index contributed by atoms with van der Waals surface area (Å²) in [6.07, 6.45) is 0.780. The number of rotatable bonds is 5. The molecule has 2 N–H and O–H groups in total. The Morgan fingerprint density at radius 2 is 1.96 bits per heavy atom. The summed E-state index contributed by atoms with van der Waals surface area (Å²) in [6, 6.07) is 5.69. The Balaban J connectivity index is 2.59. The highest BCUT2D eigenvalue weighted by Crippen LogP contribution is 2.33. The zero-order valence-corrected chi connectivity index (χ0v) is 12.9. The van der Waals surface area contributed by atoms with Gasteiger partial charge in [0.1, 0.15) is 0 Å². The molecule has 0 spiro atoms. The van der Waals surface area contributed by atoms with Gasteiger partial charge < -0.3 is 10.4 Å². The number of aromatic carboxylic acids is 1. The minimum atomic E-state index is -1.71. The van der Waals surface area contributed by atoms with Gasteiger partial charge in [-0.2, -0.15) is 4.39 Å². The Morgan fingerprint density at radius 3 is 2.46 bits per heavy atom. The summed E-state index contributed by atoms with van der Waals surface area (Å²) in [5.74, 6) is -4.93. The topological polar surface area (TPSA) is 92.5 Å². The van der Waals surface area contributed by atoms with Crippen molar-refractivity contribution in [2.45, 2.75) is 20.3 Å². The number of hydrogen-bond acceptors (Lipinski definition) is 4. The number of carbonyl (C=O) groups is 1. The maximum absolute atomic E-state index is 14.2. The van der Waals surface area contributed by atoms with Gasteiger partial charge in [0, 0.05) is 11.8 Å². The van der Waals surface area contributed by atoms with Crippen LogP contribution in [0.25, 0.3) is 0 Å². The SMILES string of the molecule is CCc1ccc(Nc2c(C(=O)O)cc([N+](=O)[O-])c(F)c2F)c(C)c1. The first-order chi connectivity index (χ1) is 11.3. The van der Waals surface area contributed by atoms with E-state index in [9.17, 15) is 23.7 Å². The summed E-state index contributed by atoms with van der Waals surface area (Å²) in [6.45, 7) is 3.68. The molecule has 0 atom stereocenters. The average molecular weight is 336 g/mol. The fraction of sp³-hybridized carbons (Fsp3) is 0.188. The van der Waals surface area contributed by atoms with Crippen LogP contribution in [-0.2, 0) is 6.42 Å². The van der Waals surface area contributed by atoms with Crippen LogP contribution < -0.4 is 5.32 Å². The molecule has 0 fully saturated rings. The van der Waals surface area contributed by atoms with Gasteiger partial charge >= 0.3 is 11.7 Å². The summed E-state index contributed by atoms with van der Waals surface area (Å²) in [5, 5.41) is 22.4. The third-order valence-electron chi connectivity index (χ3n) is 3.57. The van der Waals surface area contributed by atoms with Crippen molar-refractivity contribution in [3.05, 3.63) is 62.7 Å². The predicted molar refractivity (Wildman–Crippen MR) is 83.8 cm³/mol. The van der Waals surface area contributed by atoms with Crippen LogP contribution in [0.5, 0.6) is 0 Å². The number of anilines is 2. The molecule has 0 heterocycles. The minimum Gasteiger partial charge on any atom is -0.478 e.